The highest BCUT2D eigenvalue weighted by atomic mass is 32.1. The lowest BCUT2D eigenvalue weighted by molar-refractivity contribution is 0.645. The summed E-state index contributed by atoms with van der Waals surface area (Å²) in [6.07, 6.45) is 1.44. The summed E-state index contributed by atoms with van der Waals surface area (Å²) in [5.41, 5.74) is 7.37. The molecule has 4 rings (SSSR count). The minimum Gasteiger partial charge on any atom is -0.389 e. The van der Waals surface area contributed by atoms with E-state index in [2.05, 4.69) is 9.97 Å². The first-order valence-corrected chi connectivity index (χ1v) is 7.79. The van der Waals surface area contributed by atoms with Crippen molar-refractivity contribution in [1.82, 2.24) is 9.97 Å². The number of anilines is 1. The van der Waals surface area contributed by atoms with Crippen molar-refractivity contribution in [3.63, 3.8) is 0 Å². The van der Waals surface area contributed by atoms with Crippen LogP contribution in [0.25, 0.3) is 32.1 Å². The third-order valence-electron chi connectivity index (χ3n) is 3.83. The number of nitrogen functional groups attached to an aromatic ring is 1. The van der Waals surface area contributed by atoms with Crippen LogP contribution in [0.2, 0.25) is 0 Å². The first-order valence-electron chi connectivity index (χ1n) is 8.48. The van der Waals surface area contributed by atoms with E-state index in [0.717, 1.165) is 11.3 Å². The standard InChI is InChI=1S/C18H11FN4S/c1-9-22-8-11-3-2-10(6-15(11)23-9)12-4-5-13-14(7-20)18(21)24-17(13)16(12)19/h2-6,8H,21H2,1H3/i1D3. The smallest absolute Gasteiger partial charge is 0.148 e. The van der Waals surface area contributed by atoms with Crippen LogP contribution in [-0.2, 0) is 0 Å². The molecule has 0 unspecified atom stereocenters. The van der Waals surface area contributed by atoms with Gasteiger partial charge in [-0.15, -0.1) is 11.3 Å². The number of fused-ring (bicyclic) bond motifs is 2. The van der Waals surface area contributed by atoms with Crippen LogP contribution in [0, 0.1) is 24.0 Å². The lowest BCUT2D eigenvalue weighted by atomic mass is 10.0. The van der Waals surface area contributed by atoms with Crippen LogP contribution >= 0.6 is 11.3 Å². The second-order valence-electron chi connectivity index (χ2n) is 5.22. The molecule has 0 aliphatic heterocycles. The second kappa shape index (κ2) is 5.25. The van der Waals surface area contributed by atoms with Gasteiger partial charge in [0, 0.05) is 26.6 Å². The predicted octanol–water partition coefficient (Wildman–Crippen LogP) is 4.41. The van der Waals surface area contributed by atoms with E-state index in [0.29, 0.717) is 32.1 Å². The summed E-state index contributed by atoms with van der Waals surface area (Å²) in [7, 11) is 0. The molecule has 2 aromatic heterocycles. The SMILES string of the molecule is [2H]C([2H])([2H])c1ncc2ccc(-c3ccc4c(C#N)c(N)sc4c3F)cc2n1. The summed E-state index contributed by atoms with van der Waals surface area (Å²) in [5.74, 6) is -0.733. The summed E-state index contributed by atoms with van der Waals surface area (Å²) in [5, 5.41) is 10.6. The van der Waals surface area contributed by atoms with Crippen molar-refractivity contribution in [2.75, 3.05) is 5.73 Å². The van der Waals surface area contributed by atoms with Crippen molar-refractivity contribution in [1.29, 1.82) is 5.26 Å². The van der Waals surface area contributed by atoms with Gasteiger partial charge in [-0.25, -0.2) is 14.4 Å². The van der Waals surface area contributed by atoms with Crippen LogP contribution in [0.15, 0.2) is 36.5 Å². The summed E-state index contributed by atoms with van der Waals surface area (Å²) >= 11 is 1.03. The molecule has 2 aromatic carbocycles. The normalized spacial score (nSPS) is 13.4. The number of aryl methyl sites for hydroxylation is 1. The van der Waals surface area contributed by atoms with Crippen LogP contribution in [0.5, 0.6) is 0 Å². The highest BCUT2D eigenvalue weighted by Gasteiger charge is 2.17. The van der Waals surface area contributed by atoms with E-state index in [1.54, 1.807) is 30.3 Å². The number of halogens is 1. The van der Waals surface area contributed by atoms with E-state index in [-0.39, 0.29) is 16.4 Å². The minimum atomic E-state index is -2.42. The van der Waals surface area contributed by atoms with E-state index < -0.39 is 12.7 Å². The quantitative estimate of drug-likeness (QED) is 0.558. The molecular formula is C18H11FN4S. The maximum atomic E-state index is 15.1. The number of hydrogen-bond donors (Lipinski definition) is 1. The number of hydrogen-bond acceptors (Lipinski definition) is 5. The van der Waals surface area contributed by atoms with E-state index in [4.69, 9.17) is 9.85 Å². The lowest BCUT2D eigenvalue weighted by Gasteiger charge is -2.06. The largest absolute Gasteiger partial charge is 0.389 e. The topological polar surface area (TPSA) is 75.6 Å². The molecule has 2 N–H and O–H groups in total. The Morgan fingerprint density at radius 3 is 3.00 bits per heavy atom. The number of nitrogens with zero attached hydrogens (tertiary/aromatic N) is 3. The Kier molecular flexibility index (Phi) is 2.51. The molecular weight excluding hydrogens is 323 g/mol. The molecule has 0 aliphatic rings. The molecule has 0 spiro atoms. The molecule has 4 nitrogen and oxygen atoms in total. The van der Waals surface area contributed by atoms with Gasteiger partial charge in [0.2, 0.25) is 0 Å². The molecule has 0 aliphatic carbocycles. The summed E-state index contributed by atoms with van der Waals surface area (Å²) in [6.45, 7) is -2.42. The van der Waals surface area contributed by atoms with Gasteiger partial charge in [-0.1, -0.05) is 24.3 Å². The summed E-state index contributed by atoms with van der Waals surface area (Å²) in [6, 6.07) is 10.3. The zero-order chi connectivity index (χ0) is 19.3. The molecule has 0 saturated carbocycles. The van der Waals surface area contributed by atoms with Gasteiger partial charge < -0.3 is 5.73 Å². The molecule has 0 atom stereocenters. The van der Waals surface area contributed by atoms with Gasteiger partial charge in [0.1, 0.15) is 22.7 Å². The van der Waals surface area contributed by atoms with Crippen molar-refractivity contribution >= 4 is 37.3 Å². The Balaban J connectivity index is 1.91. The van der Waals surface area contributed by atoms with Gasteiger partial charge in [-0.2, -0.15) is 5.26 Å². The van der Waals surface area contributed by atoms with Crippen LogP contribution < -0.4 is 5.73 Å². The van der Waals surface area contributed by atoms with Crippen molar-refractivity contribution in [3.05, 3.63) is 53.7 Å². The Bertz CT molecular complexity index is 1260. The van der Waals surface area contributed by atoms with Crippen molar-refractivity contribution in [2.45, 2.75) is 6.85 Å². The van der Waals surface area contributed by atoms with Gasteiger partial charge in [-0.05, 0) is 18.5 Å². The molecule has 0 amide bonds. The number of rotatable bonds is 1. The molecule has 116 valence electrons. The van der Waals surface area contributed by atoms with E-state index in [1.807, 2.05) is 6.07 Å². The summed E-state index contributed by atoms with van der Waals surface area (Å²) < 4.78 is 37.7. The Hall–Kier alpha value is -3.04. The highest BCUT2D eigenvalue weighted by molar-refractivity contribution is 7.23. The van der Waals surface area contributed by atoms with Gasteiger partial charge in [0.25, 0.3) is 0 Å². The third kappa shape index (κ3) is 2.10. The minimum absolute atomic E-state index is 0.257. The average molecular weight is 337 g/mol. The number of thiophene rings is 1. The van der Waals surface area contributed by atoms with Crippen LogP contribution in [0.1, 0.15) is 15.5 Å². The van der Waals surface area contributed by atoms with Crippen molar-refractivity contribution in [3.8, 4) is 17.2 Å². The number of benzene rings is 2. The van der Waals surface area contributed by atoms with Gasteiger partial charge in [0.05, 0.1) is 15.8 Å². The maximum Gasteiger partial charge on any atom is 0.148 e. The van der Waals surface area contributed by atoms with Crippen LogP contribution in [-0.4, -0.2) is 9.97 Å². The number of nitrogens with two attached hydrogens (primary N) is 1. The monoisotopic (exact) mass is 337 g/mol. The van der Waals surface area contributed by atoms with Gasteiger partial charge in [0.15, 0.2) is 0 Å². The molecule has 0 bridgehead atoms. The molecule has 0 radical (unpaired) electrons. The van der Waals surface area contributed by atoms with E-state index in [9.17, 15) is 5.26 Å². The molecule has 24 heavy (non-hydrogen) atoms. The Morgan fingerprint density at radius 1 is 1.33 bits per heavy atom. The fourth-order valence-corrected chi connectivity index (χ4v) is 3.63. The zero-order valence-corrected chi connectivity index (χ0v) is 13.0. The van der Waals surface area contributed by atoms with Gasteiger partial charge in [-0.3, -0.25) is 0 Å². The van der Waals surface area contributed by atoms with Crippen molar-refractivity contribution < 1.29 is 8.50 Å². The molecule has 6 heteroatoms. The fourth-order valence-electron chi connectivity index (χ4n) is 2.68. The molecule has 0 fully saturated rings. The zero-order valence-electron chi connectivity index (χ0n) is 15.2. The first kappa shape index (κ1) is 11.5. The van der Waals surface area contributed by atoms with E-state index in [1.165, 1.54) is 6.20 Å². The second-order valence-corrected chi connectivity index (χ2v) is 6.28. The first-order chi connectivity index (χ1) is 12.8. The Labute approximate surface area is 145 Å². The summed E-state index contributed by atoms with van der Waals surface area (Å²) in [4.78, 5) is 7.97. The van der Waals surface area contributed by atoms with Crippen LogP contribution in [0.4, 0.5) is 9.39 Å². The average Bonchev–Trinajstić information content (AvgIpc) is 2.96. The molecule has 2 heterocycles. The number of aromatic nitrogens is 2. The molecule has 0 saturated heterocycles. The maximum absolute atomic E-state index is 15.1. The van der Waals surface area contributed by atoms with Gasteiger partial charge >= 0.3 is 0 Å². The van der Waals surface area contributed by atoms with E-state index >= 15 is 4.39 Å². The lowest BCUT2D eigenvalue weighted by Crippen LogP contribution is -1.90. The fraction of sp³-hybridized carbons (Fsp3) is 0.0556. The predicted molar refractivity (Wildman–Crippen MR) is 94.2 cm³/mol. The Morgan fingerprint density at radius 2 is 2.21 bits per heavy atom. The van der Waals surface area contributed by atoms with Crippen molar-refractivity contribution in [2.24, 2.45) is 0 Å². The van der Waals surface area contributed by atoms with Crippen LogP contribution in [0.3, 0.4) is 0 Å². The number of nitriles is 1. The molecule has 4 aromatic rings. The third-order valence-corrected chi connectivity index (χ3v) is 4.86. The highest BCUT2D eigenvalue weighted by Crippen LogP contribution is 2.38.